The third kappa shape index (κ3) is 36.4. The monoisotopic (exact) mass is 435 g/mol. The number of halogens is 3. The predicted octanol–water partition coefficient (Wildman–Crippen LogP) is 2.34. The lowest BCUT2D eigenvalue weighted by molar-refractivity contribution is 2.13. The fourth-order valence-electron chi connectivity index (χ4n) is 0. The molecule has 9 N–H and O–H groups in total. The Balaban J connectivity index is 0. The predicted molar refractivity (Wildman–Crippen MR) is 61.3 cm³/mol. The van der Waals surface area contributed by atoms with Crippen LogP contribution in [0.1, 0.15) is 0 Å². The van der Waals surface area contributed by atoms with E-state index in [-0.39, 0.29) is 90.4 Å². The molecule has 0 amide bonds. The van der Waals surface area contributed by atoms with Gasteiger partial charge in [-0.25, -0.2) is 0 Å². The highest BCUT2D eigenvalue weighted by atomic mass is 127. The Kier molecular flexibility index (Phi) is 954. The fourth-order valence-corrected chi connectivity index (χ4v) is 0. The van der Waals surface area contributed by atoms with Crippen molar-refractivity contribution in [3.63, 3.8) is 0 Å². The normalized spacial score (nSPS) is 0. The Morgan fingerprint density at radius 3 is 0.333 bits per heavy atom. The summed E-state index contributed by atoms with van der Waals surface area (Å²) in [6.07, 6.45) is 0. The summed E-state index contributed by atoms with van der Waals surface area (Å²) >= 11 is 0. The third-order valence-corrected chi connectivity index (χ3v) is 0. The minimum absolute atomic E-state index is 0. The van der Waals surface area contributed by atoms with Crippen LogP contribution in [0, 0.1) is 0 Å². The number of hydrogen-bond donors (Lipinski definition) is 3. The van der Waals surface area contributed by atoms with Crippen LogP contribution in [-0.4, -0.2) is 0 Å². The van der Waals surface area contributed by atoms with E-state index < -0.39 is 0 Å². The van der Waals surface area contributed by atoms with Crippen LogP contribution in [0.3, 0.4) is 0 Å². The molecule has 48 valence electrons. The Bertz CT molecular complexity index is 6.00. The van der Waals surface area contributed by atoms with E-state index in [4.69, 9.17) is 0 Å². The van der Waals surface area contributed by atoms with E-state index in [0.717, 1.165) is 0 Å². The molecule has 0 aliphatic carbocycles. The van der Waals surface area contributed by atoms with Crippen molar-refractivity contribution in [1.29, 1.82) is 0 Å². The van der Waals surface area contributed by atoms with Crippen LogP contribution in [0.2, 0.25) is 0 Å². The van der Waals surface area contributed by atoms with Crippen molar-refractivity contribution in [3.8, 4) is 0 Å². The minimum atomic E-state index is 0. The first-order chi connectivity index (χ1) is 0. The van der Waals surface area contributed by atoms with Crippen LogP contribution in [0.15, 0.2) is 0 Å². The first-order valence-corrected chi connectivity index (χ1v) is 0. The van der Waals surface area contributed by atoms with Gasteiger partial charge in [-0.05, 0) is 0 Å². The van der Waals surface area contributed by atoms with Crippen LogP contribution in [0.25, 0.3) is 0 Å². The standard InChI is InChI=1S/3HI.3H3N/h3*1H;3*1H3. The van der Waals surface area contributed by atoms with E-state index in [1.165, 1.54) is 0 Å². The highest BCUT2D eigenvalue weighted by Gasteiger charge is -0.105. The molecule has 6 heteroatoms. The molecule has 3 nitrogen and oxygen atoms in total. The van der Waals surface area contributed by atoms with Gasteiger partial charge in [0, 0.05) is 0 Å². The van der Waals surface area contributed by atoms with E-state index in [2.05, 4.69) is 0 Å². The summed E-state index contributed by atoms with van der Waals surface area (Å²) < 4.78 is 0. The molecule has 0 atom stereocenters. The van der Waals surface area contributed by atoms with Crippen LogP contribution >= 0.6 is 71.9 Å². The minimum Gasteiger partial charge on any atom is -0.344 e. The van der Waals surface area contributed by atoms with Crippen LogP contribution in [0.4, 0.5) is 0 Å². The summed E-state index contributed by atoms with van der Waals surface area (Å²) in [7, 11) is 0. The van der Waals surface area contributed by atoms with Gasteiger partial charge >= 0.3 is 0 Å². The van der Waals surface area contributed by atoms with Crippen molar-refractivity contribution in [2.45, 2.75) is 0 Å². The SMILES string of the molecule is I.I.I.N.N.N. The molecule has 0 aromatic rings. The Morgan fingerprint density at radius 1 is 0.333 bits per heavy atom. The van der Waals surface area contributed by atoms with Crippen LogP contribution < -0.4 is 18.5 Å². The molecule has 0 fully saturated rings. The molecule has 0 spiro atoms. The molecule has 0 aliphatic rings. The maximum atomic E-state index is 0. The topological polar surface area (TPSA) is 105 Å². The summed E-state index contributed by atoms with van der Waals surface area (Å²) in [6, 6.07) is 0. The second kappa shape index (κ2) is 60.8. The molecule has 0 heterocycles. The lowest BCUT2D eigenvalue weighted by Gasteiger charge is -0.345. The molecule has 0 aliphatic heterocycles. The lowest BCUT2D eigenvalue weighted by Crippen LogP contribution is -0.482. The maximum absolute atomic E-state index is 0. The van der Waals surface area contributed by atoms with Gasteiger partial charge in [-0.15, -0.1) is 71.9 Å². The Hall–Kier alpha value is 2.07. The van der Waals surface area contributed by atoms with E-state index in [9.17, 15) is 0 Å². The van der Waals surface area contributed by atoms with Gasteiger partial charge in [0.15, 0.2) is 0 Å². The molecule has 0 bridgehead atoms. The molecule has 0 rings (SSSR count). The van der Waals surface area contributed by atoms with Crippen molar-refractivity contribution in [2.24, 2.45) is 0 Å². The van der Waals surface area contributed by atoms with Gasteiger partial charge in [-0.3, -0.25) is 0 Å². The van der Waals surface area contributed by atoms with Crippen LogP contribution in [-0.2, 0) is 0 Å². The van der Waals surface area contributed by atoms with E-state index >= 15 is 0 Å². The van der Waals surface area contributed by atoms with Crippen LogP contribution in [0.5, 0.6) is 0 Å². The lowest BCUT2D eigenvalue weighted by atomic mass is 14.0. The average Bonchev–Trinajstić information content (AvgIpc) is 0. The zero-order valence-corrected chi connectivity index (χ0v) is 10.3. The maximum Gasteiger partial charge on any atom is -0.107 e. The molecule has 0 unspecified atom stereocenters. The molecule has 0 radical (unpaired) electrons. The van der Waals surface area contributed by atoms with Crippen molar-refractivity contribution >= 4 is 71.9 Å². The summed E-state index contributed by atoms with van der Waals surface area (Å²) in [5.74, 6) is 0. The van der Waals surface area contributed by atoms with Crippen molar-refractivity contribution in [1.82, 2.24) is 18.5 Å². The number of rotatable bonds is 0. The molecule has 0 aromatic heterocycles. The molecule has 0 saturated carbocycles. The van der Waals surface area contributed by atoms with Gasteiger partial charge in [0.05, 0.1) is 0 Å². The van der Waals surface area contributed by atoms with Crippen molar-refractivity contribution < 1.29 is 0 Å². The summed E-state index contributed by atoms with van der Waals surface area (Å²) in [5.41, 5.74) is 0. The first-order valence-electron chi connectivity index (χ1n) is 0. The fraction of sp³-hybridized carbons (Fsp3) is 0. The second-order valence-electron chi connectivity index (χ2n) is 0. The smallest absolute Gasteiger partial charge is 0.107 e. The molecule has 0 aromatic carbocycles. The van der Waals surface area contributed by atoms with E-state index in [0.29, 0.717) is 0 Å². The molecule has 6 heavy (non-hydrogen) atoms. The zero-order valence-electron chi connectivity index (χ0n) is 3.35. The van der Waals surface area contributed by atoms with Crippen molar-refractivity contribution in [2.75, 3.05) is 0 Å². The van der Waals surface area contributed by atoms with Gasteiger partial charge < -0.3 is 18.5 Å². The summed E-state index contributed by atoms with van der Waals surface area (Å²) in [6.45, 7) is 0. The summed E-state index contributed by atoms with van der Waals surface area (Å²) in [4.78, 5) is 0. The number of hydrogen-bond acceptors (Lipinski definition) is 3. The molecule has 0 saturated heterocycles. The third-order valence-electron chi connectivity index (χ3n) is 0. The van der Waals surface area contributed by atoms with E-state index in [1.807, 2.05) is 0 Å². The zero-order chi connectivity index (χ0) is 0. The van der Waals surface area contributed by atoms with Gasteiger partial charge in [-0.2, -0.15) is 0 Å². The highest BCUT2D eigenvalue weighted by Crippen LogP contribution is 0.888. The first kappa shape index (κ1) is 94.1. The second-order valence-corrected chi connectivity index (χ2v) is 0. The Morgan fingerprint density at radius 2 is 0.333 bits per heavy atom. The summed E-state index contributed by atoms with van der Waals surface area (Å²) in [5, 5.41) is 0. The van der Waals surface area contributed by atoms with Gasteiger partial charge in [0.2, 0.25) is 0 Å². The van der Waals surface area contributed by atoms with Gasteiger partial charge in [0.1, 0.15) is 0 Å². The van der Waals surface area contributed by atoms with E-state index in [1.54, 1.807) is 0 Å². The Labute approximate surface area is 89.2 Å². The van der Waals surface area contributed by atoms with Crippen molar-refractivity contribution in [3.05, 3.63) is 0 Å². The van der Waals surface area contributed by atoms with Gasteiger partial charge in [-0.1, -0.05) is 0 Å². The van der Waals surface area contributed by atoms with Gasteiger partial charge in [0.25, 0.3) is 0 Å². The molecular weight excluding hydrogens is 423 g/mol. The average molecular weight is 435 g/mol. The largest absolute Gasteiger partial charge is 0.344 e. The highest BCUT2D eigenvalue weighted by molar-refractivity contribution is 14.0. The molecular formula is H12I3N3. The quantitative estimate of drug-likeness (QED) is 0.509.